The number of fused-ring (bicyclic) bond motifs is 4. The summed E-state index contributed by atoms with van der Waals surface area (Å²) in [5, 5.41) is 0. The number of carbonyl (C=O) groups is 4. The van der Waals surface area contributed by atoms with Crippen LogP contribution in [0.2, 0.25) is 0 Å². The van der Waals surface area contributed by atoms with Gasteiger partial charge in [-0.05, 0) is 31.4 Å². The first-order valence-corrected chi connectivity index (χ1v) is 13.0. The van der Waals surface area contributed by atoms with Gasteiger partial charge in [0.25, 0.3) is 17.6 Å². The number of piperidine rings is 1. The van der Waals surface area contributed by atoms with Crippen LogP contribution in [-0.2, 0) is 14.4 Å². The minimum atomic E-state index is -0.861. The van der Waals surface area contributed by atoms with Gasteiger partial charge in [0, 0.05) is 30.0 Å². The third-order valence-electron chi connectivity index (χ3n) is 7.62. The lowest BCUT2D eigenvalue weighted by molar-refractivity contribution is -0.154. The first-order valence-electron chi connectivity index (χ1n) is 13.0. The molecule has 3 aliphatic rings. The van der Waals surface area contributed by atoms with Crippen molar-refractivity contribution in [2.45, 2.75) is 31.3 Å². The van der Waals surface area contributed by atoms with E-state index in [0.717, 1.165) is 0 Å². The normalized spacial score (nSPS) is 19.7. The fraction of sp³-hybridized carbons (Fsp3) is 0.379. The van der Waals surface area contributed by atoms with Crippen molar-refractivity contribution in [3.63, 3.8) is 0 Å². The van der Waals surface area contributed by atoms with Crippen LogP contribution in [0.1, 0.15) is 29.6 Å². The van der Waals surface area contributed by atoms with E-state index in [1.807, 2.05) is 0 Å². The van der Waals surface area contributed by atoms with E-state index < -0.39 is 29.7 Å². The largest absolute Gasteiger partial charge is 0.497 e. The van der Waals surface area contributed by atoms with Gasteiger partial charge in [-0.1, -0.05) is 0 Å². The maximum absolute atomic E-state index is 13.8. The lowest BCUT2D eigenvalue weighted by Crippen LogP contribution is -2.67. The number of piperazine rings is 1. The fourth-order valence-electron chi connectivity index (χ4n) is 5.65. The SMILES string of the molecule is COc1cc(OC)cc(N2C=C3[C@@H]4CCC[C@H](C(=O)N3CC2=O)N4C(=O)C(=O)c2cc(OC)c(OC)c(OC)c2)c1. The van der Waals surface area contributed by atoms with E-state index in [1.165, 1.54) is 62.4 Å². The van der Waals surface area contributed by atoms with Crippen LogP contribution < -0.4 is 28.6 Å². The van der Waals surface area contributed by atoms with Crippen molar-refractivity contribution >= 4 is 29.2 Å². The zero-order chi connectivity index (χ0) is 29.4. The summed E-state index contributed by atoms with van der Waals surface area (Å²) < 4.78 is 26.7. The van der Waals surface area contributed by atoms with Gasteiger partial charge in [-0.2, -0.15) is 0 Å². The lowest BCUT2D eigenvalue weighted by atomic mass is 9.86. The molecule has 0 aliphatic carbocycles. The van der Waals surface area contributed by atoms with Crippen molar-refractivity contribution in [3.05, 3.63) is 47.8 Å². The molecule has 0 unspecified atom stereocenters. The second-order valence-electron chi connectivity index (χ2n) is 9.73. The smallest absolute Gasteiger partial charge is 0.296 e. The summed E-state index contributed by atoms with van der Waals surface area (Å²) in [6, 6.07) is 6.41. The quantitative estimate of drug-likeness (QED) is 0.351. The van der Waals surface area contributed by atoms with Gasteiger partial charge < -0.3 is 33.5 Å². The fourth-order valence-corrected chi connectivity index (χ4v) is 5.65. The van der Waals surface area contributed by atoms with Crippen molar-refractivity contribution in [2.24, 2.45) is 0 Å². The lowest BCUT2D eigenvalue weighted by Gasteiger charge is -2.51. The van der Waals surface area contributed by atoms with Crippen LogP contribution in [0.3, 0.4) is 0 Å². The summed E-state index contributed by atoms with van der Waals surface area (Å²) in [5.74, 6) is -0.664. The van der Waals surface area contributed by atoms with Gasteiger partial charge in [0.05, 0.1) is 53.0 Å². The Morgan fingerprint density at radius 2 is 1.39 bits per heavy atom. The number of ketones is 1. The first kappa shape index (κ1) is 27.8. The molecule has 0 aromatic heterocycles. The third kappa shape index (κ3) is 4.68. The third-order valence-corrected chi connectivity index (χ3v) is 7.62. The molecule has 3 amide bonds. The van der Waals surface area contributed by atoms with Crippen LogP contribution in [0.4, 0.5) is 5.69 Å². The van der Waals surface area contributed by atoms with Crippen LogP contribution in [0.5, 0.6) is 28.7 Å². The highest BCUT2D eigenvalue weighted by Gasteiger charge is 2.51. The molecule has 0 saturated carbocycles. The molecule has 3 aliphatic heterocycles. The highest BCUT2D eigenvalue weighted by atomic mass is 16.5. The average Bonchev–Trinajstić information content (AvgIpc) is 3.01. The van der Waals surface area contributed by atoms with Crippen LogP contribution in [0.25, 0.3) is 0 Å². The van der Waals surface area contributed by atoms with E-state index in [9.17, 15) is 19.2 Å². The Kier molecular flexibility index (Phi) is 7.48. The number of hydrogen-bond donors (Lipinski definition) is 0. The first-order chi connectivity index (χ1) is 19.8. The Balaban J connectivity index is 1.54. The highest BCUT2D eigenvalue weighted by molar-refractivity contribution is 6.43. The van der Waals surface area contributed by atoms with Crippen molar-refractivity contribution in [2.75, 3.05) is 47.0 Å². The van der Waals surface area contributed by atoms with Crippen LogP contribution in [0.15, 0.2) is 42.2 Å². The molecule has 12 heteroatoms. The molecule has 5 rings (SSSR count). The maximum atomic E-state index is 13.8. The number of benzene rings is 2. The Hall–Kier alpha value is -4.74. The standard InChI is InChI=1S/C29H31N3O9/c1-37-18-11-17(12-19(13-18)38-2)30-14-22-20-7-6-8-21(28(35)31(22)15-25(30)33)32(20)29(36)26(34)16-9-23(39-3)27(41-5)24(10-16)40-4/h9-14,20-21H,6-8,15H2,1-5H3/t20-,21+/m0/s1. The number of amides is 3. The predicted octanol–water partition coefficient (Wildman–Crippen LogP) is 2.39. The van der Waals surface area contributed by atoms with Crippen molar-refractivity contribution in [1.29, 1.82) is 0 Å². The molecule has 2 aromatic rings. The Labute approximate surface area is 236 Å². The minimum absolute atomic E-state index is 0.0374. The molecule has 2 atom stereocenters. The number of ether oxygens (including phenoxy) is 5. The molecular formula is C29H31N3O9. The summed E-state index contributed by atoms with van der Waals surface area (Å²) >= 11 is 0. The minimum Gasteiger partial charge on any atom is -0.497 e. The van der Waals surface area contributed by atoms with Crippen LogP contribution >= 0.6 is 0 Å². The number of methoxy groups -OCH3 is 5. The predicted molar refractivity (Wildman–Crippen MR) is 146 cm³/mol. The van der Waals surface area contributed by atoms with E-state index in [-0.39, 0.29) is 35.3 Å². The molecular weight excluding hydrogens is 534 g/mol. The zero-order valence-electron chi connectivity index (χ0n) is 23.5. The molecule has 2 fully saturated rings. The van der Waals surface area contributed by atoms with Gasteiger partial charge >= 0.3 is 0 Å². The van der Waals surface area contributed by atoms with E-state index in [0.29, 0.717) is 42.1 Å². The molecule has 12 nitrogen and oxygen atoms in total. The van der Waals surface area contributed by atoms with E-state index >= 15 is 0 Å². The molecule has 216 valence electrons. The van der Waals surface area contributed by atoms with Crippen LogP contribution in [-0.4, -0.2) is 87.5 Å². The van der Waals surface area contributed by atoms with Crippen molar-refractivity contribution in [1.82, 2.24) is 9.80 Å². The molecule has 0 N–H and O–H groups in total. The van der Waals surface area contributed by atoms with Crippen LogP contribution in [0, 0.1) is 0 Å². The number of Topliss-reactive ketones (excluding diaryl/α,β-unsaturated/α-hetero) is 1. The topological polar surface area (TPSA) is 124 Å². The molecule has 0 radical (unpaired) electrons. The Bertz CT molecular complexity index is 1410. The number of hydrogen-bond acceptors (Lipinski definition) is 9. The highest BCUT2D eigenvalue weighted by Crippen LogP contribution is 2.41. The van der Waals surface area contributed by atoms with Gasteiger partial charge in [-0.3, -0.25) is 24.1 Å². The van der Waals surface area contributed by atoms with Gasteiger partial charge in [-0.15, -0.1) is 0 Å². The molecule has 2 saturated heterocycles. The molecule has 2 aromatic carbocycles. The number of anilines is 1. The second-order valence-corrected chi connectivity index (χ2v) is 9.73. The summed E-state index contributed by atoms with van der Waals surface area (Å²) in [6.45, 7) is -0.194. The van der Waals surface area contributed by atoms with Crippen molar-refractivity contribution in [3.8, 4) is 28.7 Å². The molecule has 2 bridgehead atoms. The Morgan fingerprint density at radius 3 is 1.95 bits per heavy atom. The molecule has 0 spiro atoms. The van der Waals surface area contributed by atoms with Crippen molar-refractivity contribution < 1.29 is 42.9 Å². The molecule has 3 heterocycles. The van der Waals surface area contributed by atoms with Gasteiger partial charge in [-0.25, -0.2) is 0 Å². The summed E-state index contributed by atoms with van der Waals surface area (Å²) in [4.78, 5) is 58.5. The second kappa shape index (κ2) is 11.0. The zero-order valence-corrected chi connectivity index (χ0v) is 23.5. The summed E-state index contributed by atoms with van der Waals surface area (Å²) in [6.07, 6.45) is 3.14. The Morgan fingerprint density at radius 1 is 0.780 bits per heavy atom. The number of nitrogens with zero attached hydrogens (tertiary/aromatic N) is 3. The average molecular weight is 566 g/mol. The summed E-state index contributed by atoms with van der Waals surface area (Å²) in [5.41, 5.74) is 0.990. The molecule has 41 heavy (non-hydrogen) atoms. The van der Waals surface area contributed by atoms with Gasteiger partial charge in [0.1, 0.15) is 24.1 Å². The maximum Gasteiger partial charge on any atom is 0.296 e. The number of rotatable bonds is 8. The van der Waals surface area contributed by atoms with Gasteiger partial charge in [0.15, 0.2) is 11.5 Å². The van der Waals surface area contributed by atoms with E-state index in [2.05, 4.69) is 0 Å². The monoisotopic (exact) mass is 565 g/mol. The number of carbonyl (C=O) groups excluding carboxylic acids is 4. The summed E-state index contributed by atoms with van der Waals surface area (Å²) in [7, 11) is 7.28. The van der Waals surface area contributed by atoms with E-state index in [1.54, 1.807) is 24.4 Å². The van der Waals surface area contributed by atoms with Gasteiger partial charge in [0.2, 0.25) is 11.7 Å². The van der Waals surface area contributed by atoms with E-state index in [4.69, 9.17) is 23.7 Å².